The molecule has 2 aromatic rings. The number of phenols is 1. The van der Waals surface area contributed by atoms with Crippen molar-refractivity contribution in [2.45, 2.75) is 6.54 Å². The summed E-state index contributed by atoms with van der Waals surface area (Å²) < 4.78 is 0. The molecule has 0 radical (unpaired) electrons. The second-order valence-corrected chi connectivity index (χ2v) is 3.71. The molecule has 82 valence electrons. The maximum absolute atomic E-state index is 9.86. The number of hydrogen-bond acceptors (Lipinski definition) is 2. The second-order valence-electron chi connectivity index (χ2n) is 3.71. The Balaban J connectivity index is 0.000000963. The number of aromatic hydroxyl groups is 1. The van der Waals surface area contributed by atoms with Crippen LogP contribution in [0.5, 0.6) is 5.75 Å². The van der Waals surface area contributed by atoms with Crippen molar-refractivity contribution < 1.29 is 5.11 Å². The van der Waals surface area contributed by atoms with Crippen LogP contribution in [0.2, 0.25) is 0 Å². The Morgan fingerprint density at radius 1 is 1.00 bits per heavy atom. The molecular formula is C13H12ClNO. The van der Waals surface area contributed by atoms with Crippen molar-refractivity contribution in [1.82, 2.24) is 0 Å². The number of benzene rings is 2. The quantitative estimate of drug-likeness (QED) is 0.731. The Labute approximate surface area is 100 Å². The molecule has 16 heavy (non-hydrogen) atoms. The van der Waals surface area contributed by atoms with Crippen molar-refractivity contribution in [1.29, 1.82) is 0 Å². The van der Waals surface area contributed by atoms with Gasteiger partial charge in [-0.05, 0) is 23.3 Å². The molecule has 0 aliphatic carbocycles. The topological polar surface area (TPSA) is 32.3 Å². The molecule has 0 fully saturated rings. The van der Waals surface area contributed by atoms with Crippen molar-refractivity contribution in [3.63, 3.8) is 0 Å². The van der Waals surface area contributed by atoms with Crippen molar-refractivity contribution in [3.8, 4) is 16.9 Å². The fraction of sp³-hybridized carbons (Fsp3) is 0.0769. The fourth-order valence-electron chi connectivity index (χ4n) is 2.08. The van der Waals surface area contributed by atoms with E-state index in [9.17, 15) is 5.11 Å². The van der Waals surface area contributed by atoms with Crippen LogP contribution in [0.3, 0.4) is 0 Å². The van der Waals surface area contributed by atoms with Crippen LogP contribution in [0.1, 0.15) is 5.56 Å². The first-order chi connectivity index (χ1) is 7.36. The Morgan fingerprint density at radius 2 is 1.81 bits per heavy atom. The van der Waals surface area contributed by atoms with Gasteiger partial charge < -0.3 is 10.4 Å². The molecule has 2 aromatic carbocycles. The van der Waals surface area contributed by atoms with Crippen LogP contribution in [0.15, 0.2) is 42.5 Å². The molecule has 1 heterocycles. The first kappa shape index (κ1) is 10.8. The predicted octanol–water partition coefficient (Wildman–Crippen LogP) is 3.41. The monoisotopic (exact) mass is 233 g/mol. The van der Waals surface area contributed by atoms with E-state index in [1.165, 1.54) is 5.56 Å². The predicted molar refractivity (Wildman–Crippen MR) is 68.1 cm³/mol. The maximum Gasteiger partial charge on any atom is 0.125 e. The lowest BCUT2D eigenvalue weighted by Crippen LogP contribution is -2.08. The zero-order valence-electron chi connectivity index (χ0n) is 8.60. The number of anilines is 1. The molecule has 0 spiro atoms. The van der Waals surface area contributed by atoms with Crippen LogP contribution < -0.4 is 5.32 Å². The molecule has 0 saturated heterocycles. The summed E-state index contributed by atoms with van der Waals surface area (Å²) in [4.78, 5) is 0. The molecular weight excluding hydrogens is 222 g/mol. The first-order valence-electron chi connectivity index (χ1n) is 5.00. The summed E-state index contributed by atoms with van der Waals surface area (Å²) >= 11 is 0. The third kappa shape index (κ3) is 1.51. The highest BCUT2D eigenvalue weighted by Crippen LogP contribution is 2.40. The lowest BCUT2D eigenvalue weighted by molar-refractivity contribution is 0.477. The molecule has 3 heteroatoms. The van der Waals surface area contributed by atoms with Crippen molar-refractivity contribution >= 4 is 18.1 Å². The van der Waals surface area contributed by atoms with Crippen LogP contribution in [0, 0.1) is 0 Å². The van der Waals surface area contributed by atoms with Crippen molar-refractivity contribution in [2.24, 2.45) is 0 Å². The average molecular weight is 234 g/mol. The SMILES string of the molecule is Cl.Oc1cccc2c1-c1ccccc1CN2. The molecule has 2 nitrogen and oxygen atoms in total. The van der Waals surface area contributed by atoms with E-state index in [2.05, 4.69) is 17.4 Å². The highest BCUT2D eigenvalue weighted by Gasteiger charge is 2.17. The first-order valence-corrected chi connectivity index (χ1v) is 5.00. The van der Waals surface area contributed by atoms with Crippen LogP contribution >= 0.6 is 12.4 Å². The van der Waals surface area contributed by atoms with E-state index in [1.54, 1.807) is 6.07 Å². The number of fused-ring (bicyclic) bond motifs is 3. The van der Waals surface area contributed by atoms with Gasteiger partial charge in [0.05, 0.1) is 0 Å². The van der Waals surface area contributed by atoms with Gasteiger partial charge in [-0.15, -0.1) is 12.4 Å². The third-order valence-electron chi connectivity index (χ3n) is 2.80. The second kappa shape index (κ2) is 4.06. The zero-order chi connectivity index (χ0) is 10.3. The van der Waals surface area contributed by atoms with Gasteiger partial charge in [0.2, 0.25) is 0 Å². The van der Waals surface area contributed by atoms with E-state index >= 15 is 0 Å². The highest BCUT2D eigenvalue weighted by atomic mass is 35.5. The summed E-state index contributed by atoms with van der Waals surface area (Å²) in [6, 6.07) is 13.7. The van der Waals surface area contributed by atoms with Gasteiger partial charge >= 0.3 is 0 Å². The molecule has 0 unspecified atom stereocenters. The summed E-state index contributed by atoms with van der Waals surface area (Å²) in [7, 11) is 0. The van der Waals surface area contributed by atoms with E-state index in [-0.39, 0.29) is 12.4 Å². The molecule has 0 saturated carbocycles. The van der Waals surface area contributed by atoms with Gasteiger partial charge in [0, 0.05) is 17.8 Å². The Bertz CT molecular complexity index is 525. The van der Waals surface area contributed by atoms with Gasteiger partial charge in [0.25, 0.3) is 0 Å². The van der Waals surface area contributed by atoms with Crippen molar-refractivity contribution in [2.75, 3.05) is 5.32 Å². The van der Waals surface area contributed by atoms with Crippen LogP contribution in [0.4, 0.5) is 5.69 Å². The lowest BCUT2D eigenvalue weighted by atomic mass is 9.94. The number of nitrogens with one attached hydrogen (secondary N) is 1. The Kier molecular flexibility index (Phi) is 2.75. The average Bonchev–Trinajstić information content (AvgIpc) is 2.29. The largest absolute Gasteiger partial charge is 0.507 e. The lowest BCUT2D eigenvalue weighted by Gasteiger charge is -2.22. The minimum atomic E-state index is 0. The fourth-order valence-corrected chi connectivity index (χ4v) is 2.08. The number of hydrogen-bond donors (Lipinski definition) is 2. The number of phenolic OH excluding ortho intramolecular Hbond substituents is 1. The van der Waals surface area contributed by atoms with E-state index in [0.29, 0.717) is 5.75 Å². The molecule has 0 amide bonds. The third-order valence-corrected chi connectivity index (χ3v) is 2.80. The summed E-state index contributed by atoms with van der Waals surface area (Å²) in [5.74, 6) is 0.340. The normalized spacial score (nSPS) is 11.8. The van der Waals surface area contributed by atoms with E-state index in [1.807, 2.05) is 24.3 Å². The van der Waals surface area contributed by atoms with E-state index in [4.69, 9.17) is 0 Å². The molecule has 0 bridgehead atoms. The molecule has 1 aliphatic rings. The van der Waals surface area contributed by atoms with Gasteiger partial charge in [-0.3, -0.25) is 0 Å². The smallest absolute Gasteiger partial charge is 0.125 e. The van der Waals surface area contributed by atoms with Crippen molar-refractivity contribution in [3.05, 3.63) is 48.0 Å². The standard InChI is InChI=1S/C13H11NO.ClH/c15-12-7-3-6-11-13(12)10-5-2-1-4-9(10)8-14-11;/h1-7,14-15H,8H2;1H. The summed E-state index contributed by atoms with van der Waals surface area (Å²) in [6.07, 6.45) is 0. The van der Waals surface area contributed by atoms with Gasteiger partial charge in [-0.1, -0.05) is 30.3 Å². The summed E-state index contributed by atoms with van der Waals surface area (Å²) in [5, 5.41) is 13.2. The molecule has 1 aliphatic heterocycles. The minimum Gasteiger partial charge on any atom is -0.507 e. The Hall–Kier alpha value is -1.67. The molecule has 0 aromatic heterocycles. The number of halogens is 1. The van der Waals surface area contributed by atoms with Crippen LogP contribution in [0.25, 0.3) is 11.1 Å². The van der Waals surface area contributed by atoms with Gasteiger partial charge in [0.1, 0.15) is 5.75 Å². The molecule has 0 atom stereocenters. The Morgan fingerprint density at radius 3 is 2.69 bits per heavy atom. The minimum absolute atomic E-state index is 0. The maximum atomic E-state index is 9.86. The zero-order valence-corrected chi connectivity index (χ0v) is 9.42. The van der Waals surface area contributed by atoms with E-state index < -0.39 is 0 Å². The highest BCUT2D eigenvalue weighted by molar-refractivity contribution is 5.87. The van der Waals surface area contributed by atoms with Gasteiger partial charge in [-0.2, -0.15) is 0 Å². The molecule has 3 rings (SSSR count). The summed E-state index contributed by atoms with van der Waals surface area (Å²) in [5.41, 5.74) is 4.28. The summed E-state index contributed by atoms with van der Waals surface area (Å²) in [6.45, 7) is 0.826. The van der Waals surface area contributed by atoms with Crippen LogP contribution in [-0.4, -0.2) is 5.11 Å². The van der Waals surface area contributed by atoms with Crippen LogP contribution in [-0.2, 0) is 6.54 Å². The van der Waals surface area contributed by atoms with E-state index in [0.717, 1.165) is 23.4 Å². The van der Waals surface area contributed by atoms with Gasteiger partial charge in [-0.25, -0.2) is 0 Å². The number of rotatable bonds is 0. The van der Waals surface area contributed by atoms with Gasteiger partial charge in [0.15, 0.2) is 0 Å². The molecule has 2 N–H and O–H groups in total.